The fraction of sp³-hybridized carbons (Fsp3) is 0.333. The van der Waals surface area contributed by atoms with Gasteiger partial charge >= 0.3 is 5.97 Å². The fourth-order valence-electron chi connectivity index (χ4n) is 2.91. The van der Waals surface area contributed by atoms with Gasteiger partial charge in [0.2, 0.25) is 0 Å². The van der Waals surface area contributed by atoms with Gasteiger partial charge in [-0.15, -0.1) is 0 Å². The molecule has 0 fully saturated rings. The summed E-state index contributed by atoms with van der Waals surface area (Å²) >= 11 is 11.8. The minimum atomic E-state index is -0.271. The Morgan fingerprint density at radius 3 is 2.83 bits per heavy atom. The maximum absolute atomic E-state index is 12.2. The lowest BCUT2D eigenvalue weighted by molar-refractivity contribution is -0.141. The second kappa shape index (κ2) is 7.05. The number of nitrogens with zero attached hydrogens (tertiary/aromatic N) is 2. The molecule has 0 atom stereocenters. The van der Waals surface area contributed by atoms with Gasteiger partial charge in [0.25, 0.3) is 0 Å². The number of ether oxygens (including phenoxy) is 1. The van der Waals surface area contributed by atoms with Crippen molar-refractivity contribution in [3.8, 4) is 0 Å². The minimum absolute atomic E-state index is 0.117. The monoisotopic (exact) mass is 362 g/mol. The van der Waals surface area contributed by atoms with E-state index in [1.165, 1.54) is 0 Å². The van der Waals surface area contributed by atoms with E-state index in [0.29, 0.717) is 16.6 Å². The zero-order valence-corrected chi connectivity index (χ0v) is 15.3. The molecule has 1 aliphatic rings. The van der Waals surface area contributed by atoms with Crippen LogP contribution in [0.25, 0.3) is 10.8 Å². The lowest BCUT2D eigenvalue weighted by Crippen LogP contribution is -2.33. The molecule has 0 saturated heterocycles. The van der Waals surface area contributed by atoms with Gasteiger partial charge in [-0.05, 0) is 32.6 Å². The fourth-order valence-corrected chi connectivity index (χ4v) is 3.46. The molecule has 4 nitrogen and oxygen atoms in total. The van der Waals surface area contributed by atoms with Crippen molar-refractivity contribution in [3.63, 3.8) is 0 Å². The van der Waals surface area contributed by atoms with Crippen LogP contribution >= 0.6 is 23.8 Å². The molecular formula is C18H19ClN2O2S. The Morgan fingerprint density at radius 2 is 2.08 bits per heavy atom. The summed E-state index contributed by atoms with van der Waals surface area (Å²) < 4.78 is 5.33. The molecule has 126 valence electrons. The average Bonchev–Trinajstić information content (AvgIpc) is 2.82. The Morgan fingerprint density at radius 1 is 1.29 bits per heavy atom. The number of anilines is 1. The number of hydrogen-bond acceptors (Lipinski definition) is 4. The summed E-state index contributed by atoms with van der Waals surface area (Å²) in [6.45, 7) is 1.42. The Bertz CT molecular complexity index is 807. The van der Waals surface area contributed by atoms with Gasteiger partial charge in [0.1, 0.15) is 11.5 Å². The van der Waals surface area contributed by atoms with Gasteiger partial charge in [-0.1, -0.05) is 42.0 Å². The molecule has 0 saturated carbocycles. The third kappa shape index (κ3) is 3.24. The molecule has 0 aliphatic carbocycles. The average molecular weight is 363 g/mol. The Labute approximate surface area is 151 Å². The van der Waals surface area contributed by atoms with E-state index in [9.17, 15) is 4.79 Å². The highest BCUT2D eigenvalue weighted by Crippen LogP contribution is 2.40. The first-order valence-electron chi connectivity index (χ1n) is 7.82. The molecule has 0 amide bonds. The topological polar surface area (TPSA) is 32.8 Å². The van der Waals surface area contributed by atoms with Gasteiger partial charge in [0, 0.05) is 27.9 Å². The Balaban J connectivity index is 1.74. The molecule has 24 heavy (non-hydrogen) atoms. The molecule has 1 heterocycles. The van der Waals surface area contributed by atoms with Crippen molar-refractivity contribution in [2.24, 2.45) is 0 Å². The predicted octanol–water partition coefficient (Wildman–Crippen LogP) is 3.48. The molecule has 2 aromatic rings. The highest BCUT2D eigenvalue weighted by Gasteiger charge is 2.29. The third-order valence-electron chi connectivity index (χ3n) is 4.03. The van der Waals surface area contributed by atoms with Crippen molar-refractivity contribution in [2.45, 2.75) is 6.42 Å². The summed E-state index contributed by atoms with van der Waals surface area (Å²) in [4.78, 5) is 16.7. The molecule has 0 radical (unpaired) electrons. The SMILES string of the molecule is CN(C)CCCOC(=O)CN1C(=S)c2cccc3c(Cl)ccc1c23. The van der Waals surface area contributed by atoms with E-state index in [0.717, 1.165) is 35.0 Å². The van der Waals surface area contributed by atoms with Crippen molar-refractivity contribution in [3.05, 3.63) is 40.9 Å². The maximum Gasteiger partial charge on any atom is 0.326 e. The number of carbonyl (C=O) groups is 1. The van der Waals surface area contributed by atoms with Crippen molar-refractivity contribution < 1.29 is 9.53 Å². The lowest BCUT2D eigenvalue weighted by Gasteiger charge is -2.19. The predicted molar refractivity (Wildman–Crippen MR) is 102 cm³/mol. The van der Waals surface area contributed by atoms with Gasteiger partial charge in [0.05, 0.1) is 12.3 Å². The first-order valence-corrected chi connectivity index (χ1v) is 8.61. The second-order valence-corrected chi connectivity index (χ2v) is 6.86. The maximum atomic E-state index is 12.2. The number of rotatable bonds is 6. The third-order valence-corrected chi connectivity index (χ3v) is 4.80. The van der Waals surface area contributed by atoms with Crippen molar-refractivity contribution in [1.29, 1.82) is 0 Å². The molecule has 3 rings (SSSR count). The number of carbonyl (C=O) groups excluding carboxylic acids is 1. The quantitative estimate of drug-likeness (QED) is 0.446. The molecule has 1 aliphatic heterocycles. The van der Waals surface area contributed by atoms with E-state index in [1.54, 1.807) is 0 Å². The first-order chi connectivity index (χ1) is 11.5. The Hall–Kier alpha value is -1.69. The first kappa shape index (κ1) is 17.1. The number of halogens is 1. The minimum Gasteiger partial charge on any atom is -0.464 e. The standard InChI is InChI=1S/C18H19ClN2O2S/c1-20(2)9-4-10-23-16(22)11-21-15-8-7-14(19)12-5-3-6-13(17(12)15)18(21)24/h3,5-8H,4,9-11H2,1-2H3. The van der Waals surface area contributed by atoms with E-state index >= 15 is 0 Å². The van der Waals surface area contributed by atoms with Gasteiger partial charge in [0.15, 0.2) is 0 Å². The van der Waals surface area contributed by atoms with Crippen LogP contribution in [0, 0.1) is 0 Å². The van der Waals surface area contributed by atoms with E-state index < -0.39 is 0 Å². The molecule has 0 bridgehead atoms. The van der Waals surface area contributed by atoms with Crippen LogP contribution in [0.15, 0.2) is 30.3 Å². The van der Waals surface area contributed by atoms with Crippen LogP contribution < -0.4 is 4.90 Å². The molecule has 0 spiro atoms. The van der Waals surface area contributed by atoms with Crippen LogP contribution in [-0.2, 0) is 9.53 Å². The van der Waals surface area contributed by atoms with Crippen molar-refractivity contribution in [2.75, 3.05) is 38.7 Å². The van der Waals surface area contributed by atoms with Crippen LogP contribution in [0.5, 0.6) is 0 Å². The Kier molecular flexibility index (Phi) is 5.04. The number of hydrogen-bond donors (Lipinski definition) is 0. The van der Waals surface area contributed by atoms with Gasteiger partial charge < -0.3 is 14.5 Å². The van der Waals surface area contributed by atoms with Gasteiger partial charge in [-0.2, -0.15) is 0 Å². The van der Waals surface area contributed by atoms with E-state index in [-0.39, 0.29) is 12.5 Å². The van der Waals surface area contributed by atoms with E-state index in [1.807, 2.05) is 49.3 Å². The zero-order valence-electron chi connectivity index (χ0n) is 13.7. The van der Waals surface area contributed by atoms with Crippen LogP contribution in [0.1, 0.15) is 12.0 Å². The summed E-state index contributed by atoms with van der Waals surface area (Å²) in [6, 6.07) is 9.62. The summed E-state index contributed by atoms with van der Waals surface area (Å²) in [5, 5.41) is 2.65. The number of esters is 1. The van der Waals surface area contributed by atoms with Crippen LogP contribution in [0.4, 0.5) is 5.69 Å². The summed E-state index contributed by atoms with van der Waals surface area (Å²) in [5.74, 6) is -0.271. The molecule has 2 aromatic carbocycles. The molecule has 0 N–H and O–H groups in total. The molecular weight excluding hydrogens is 344 g/mol. The molecule has 6 heteroatoms. The highest BCUT2D eigenvalue weighted by atomic mass is 35.5. The van der Waals surface area contributed by atoms with Gasteiger partial charge in [-0.3, -0.25) is 4.79 Å². The normalized spacial score (nSPS) is 13.2. The van der Waals surface area contributed by atoms with Crippen LogP contribution in [0.3, 0.4) is 0 Å². The number of benzene rings is 2. The molecule has 0 aromatic heterocycles. The zero-order chi connectivity index (χ0) is 17.3. The van der Waals surface area contributed by atoms with Gasteiger partial charge in [-0.25, -0.2) is 0 Å². The highest BCUT2D eigenvalue weighted by molar-refractivity contribution is 7.81. The largest absolute Gasteiger partial charge is 0.464 e. The van der Waals surface area contributed by atoms with Crippen molar-refractivity contribution in [1.82, 2.24) is 4.90 Å². The second-order valence-electron chi connectivity index (χ2n) is 6.06. The summed E-state index contributed by atoms with van der Waals surface area (Å²) in [5.41, 5.74) is 1.86. The van der Waals surface area contributed by atoms with E-state index in [2.05, 4.69) is 4.90 Å². The molecule has 0 unspecified atom stereocenters. The van der Waals surface area contributed by atoms with Crippen LogP contribution in [0.2, 0.25) is 5.02 Å². The summed E-state index contributed by atoms with van der Waals surface area (Å²) in [6.07, 6.45) is 0.814. The van der Waals surface area contributed by atoms with Crippen molar-refractivity contribution >= 4 is 51.2 Å². The smallest absolute Gasteiger partial charge is 0.326 e. The number of thiocarbonyl (C=S) groups is 1. The lowest BCUT2D eigenvalue weighted by atomic mass is 10.1. The van der Waals surface area contributed by atoms with E-state index in [4.69, 9.17) is 28.6 Å². The summed E-state index contributed by atoms with van der Waals surface area (Å²) in [7, 11) is 3.99. The van der Waals surface area contributed by atoms with Crippen LogP contribution in [-0.4, -0.2) is 49.6 Å².